The molecular formula is C11H14FNO2. The van der Waals surface area contributed by atoms with E-state index >= 15 is 0 Å². The molecule has 1 aromatic carbocycles. The van der Waals surface area contributed by atoms with Crippen LogP contribution in [-0.4, -0.2) is 24.6 Å². The Labute approximate surface area is 88.5 Å². The van der Waals surface area contributed by atoms with E-state index in [1.807, 2.05) is 6.92 Å². The molecule has 4 heteroatoms. The van der Waals surface area contributed by atoms with E-state index in [1.165, 1.54) is 17.0 Å². The maximum absolute atomic E-state index is 13.2. The molecule has 0 N–H and O–H groups in total. The van der Waals surface area contributed by atoms with E-state index in [0.29, 0.717) is 6.54 Å². The quantitative estimate of drug-likeness (QED) is 0.752. The third-order valence-electron chi connectivity index (χ3n) is 2.07. The molecule has 0 aliphatic carbocycles. The summed E-state index contributed by atoms with van der Waals surface area (Å²) in [6.07, 6.45) is -0.554. The first-order valence-corrected chi connectivity index (χ1v) is 4.73. The van der Waals surface area contributed by atoms with E-state index in [0.717, 1.165) is 5.56 Å². The summed E-state index contributed by atoms with van der Waals surface area (Å²) < 4.78 is 18.1. The number of aryl methyl sites for hydroxylation is 1. The number of ether oxygens (including phenoxy) is 1. The van der Waals surface area contributed by atoms with Gasteiger partial charge in [0.15, 0.2) is 11.6 Å². The van der Waals surface area contributed by atoms with E-state index in [-0.39, 0.29) is 5.75 Å². The average molecular weight is 211 g/mol. The van der Waals surface area contributed by atoms with Crippen LogP contribution in [0.4, 0.5) is 9.18 Å². The number of hydrogen-bond acceptors (Lipinski definition) is 2. The van der Waals surface area contributed by atoms with Gasteiger partial charge in [0.05, 0.1) is 0 Å². The first-order chi connectivity index (χ1) is 7.04. The highest BCUT2D eigenvalue weighted by Crippen LogP contribution is 2.18. The summed E-state index contributed by atoms with van der Waals surface area (Å²) in [6, 6.07) is 4.40. The lowest BCUT2D eigenvalue weighted by atomic mass is 10.2. The number of hydrogen-bond donors (Lipinski definition) is 0. The largest absolute Gasteiger partial charge is 0.415 e. The van der Waals surface area contributed by atoms with Gasteiger partial charge in [-0.1, -0.05) is 6.07 Å². The lowest BCUT2D eigenvalue weighted by Gasteiger charge is -2.14. The Balaban J connectivity index is 2.80. The van der Waals surface area contributed by atoms with Crippen molar-refractivity contribution in [1.82, 2.24) is 4.90 Å². The van der Waals surface area contributed by atoms with Gasteiger partial charge in [-0.25, -0.2) is 9.18 Å². The number of halogens is 1. The summed E-state index contributed by atoms with van der Waals surface area (Å²) in [6.45, 7) is 4.14. The van der Waals surface area contributed by atoms with Gasteiger partial charge in [-0.2, -0.15) is 0 Å². The van der Waals surface area contributed by atoms with Crippen molar-refractivity contribution in [2.24, 2.45) is 0 Å². The molecule has 0 aromatic heterocycles. The minimum atomic E-state index is -0.554. The Morgan fingerprint density at radius 1 is 1.53 bits per heavy atom. The molecule has 1 amide bonds. The van der Waals surface area contributed by atoms with E-state index < -0.39 is 11.9 Å². The molecule has 0 bridgehead atoms. The molecule has 15 heavy (non-hydrogen) atoms. The van der Waals surface area contributed by atoms with E-state index in [4.69, 9.17) is 4.74 Å². The third kappa shape index (κ3) is 2.94. The van der Waals surface area contributed by atoms with Crippen molar-refractivity contribution in [2.75, 3.05) is 13.6 Å². The van der Waals surface area contributed by atoms with Crippen LogP contribution in [0.3, 0.4) is 0 Å². The molecule has 1 rings (SSSR count). The van der Waals surface area contributed by atoms with Crippen LogP contribution in [-0.2, 0) is 0 Å². The Morgan fingerprint density at radius 2 is 2.20 bits per heavy atom. The first kappa shape index (κ1) is 11.5. The van der Waals surface area contributed by atoms with Crippen LogP contribution in [0.25, 0.3) is 0 Å². The fourth-order valence-corrected chi connectivity index (χ4v) is 0.990. The number of carbonyl (C=O) groups excluding carboxylic acids is 1. The molecule has 0 saturated heterocycles. The molecule has 0 spiro atoms. The SMILES string of the molecule is CCN(C)C(=O)Oc1cc(C)ccc1F. The molecule has 3 nitrogen and oxygen atoms in total. The predicted octanol–water partition coefficient (Wildman–Crippen LogP) is 2.58. The second-order valence-electron chi connectivity index (χ2n) is 3.32. The maximum Gasteiger partial charge on any atom is 0.415 e. The van der Waals surface area contributed by atoms with Gasteiger partial charge < -0.3 is 9.64 Å². The van der Waals surface area contributed by atoms with Crippen LogP contribution >= 0.6 is 0 Å². The van der Waals surface area contributed by atoms with Gasteiger partial charge in [-0.05, 0) is 31.5 Å². The summed E-state index contributed by atoms with van der Waals surface area (Å²) in [5, 5.41) is 0. The smallest absolute Gasteiger partial charge is 0.407 e. The monoisotopic (exact) mass is 211 g/mol. The average Bonchev–Trinajstić information content (AvgIpc) is 2.22. The third-order valence-corrected chi connectivity index (χ3v) is 2.07. The van der Waals surface area contributed by atoms with Crippen molar-refractivity contribution >= 4 is 6.09 Å². The normalized spacial score (nSPS) is 9.87. The van der Waals surface area contributed by atoms with Crippen molar-refractivity contribution in [3.05, 3.63) is 29.6 Å². The fourth-order valence-electron chi connectivity index (χ4n) is 0.990. The first-order valence-electron chi connectivity index (χ1n) is 4.73. The molecular weight excluding hydrogens is 197 g/mol. The second-order valence-corrected chi connectivity index (χ2v) is 3.32. The minimum Gasteiger partial charge on any atom is -0.407 e. The topological polar surface area (TPSA) is 29.5 Å². The van der Waals surface area contributed by atoms with Gasteiger partial charge in [0.1, 0.15) is 0 Å². The molecule has 1 aromatic rings. The van der Waals surface area contributed by atoms with Gasteiger partial charge >= 0.3 is 6.09 Å². The molecule has 0 unspecified atom stereocenters. The molecule has 0 radical (unpaired) electrons. The van der Waals surface area contributed by atoms with Crippen LogP contribution < -0.4 is 4.74 Å². The standard InChI is InChI=1S/C11H14FNO2/c1-4-13(3)11(14)15-10-7-8(2)5-6-9(10)12/h5-7H,4H2,1-3H3. The summed E-state index contributed by atoms with van der Waals surface area (Å²) >= 11 is 0. The number of benzene rings is 1. The molecule has 82 valence electrons. The van der Waals surface area contributed by atoms with Crippen molar-refractivity contribution < 1.29 is 13.9 Å². The molecule has 0 atom stereocenters. The van der Waals surface area contributed by atoms with Gasteiger partial charge in [0.2, 0.25) is 0 Å². The number of rotatable bonds is 2. The highest BCUT2D eigenvalue weighted by Gasteiger charge is 2.12. The Kier molecular flexibility index (Phi) is 3.66. The van der Waals surface area contributed by atoms with Crippen LogP contribution in [0.2, 0.25) is 0 Å². The zero-order valence-electron chi connectivity index (χ0n) is 9.08. The van der Waals surface area contributed by atoms with Crippen LogP contribution in [0, 0.1) is 12.7 Å². The van der Waals surface area contributed by atoms with Crippen molar-refractivity contribution in [3.8, 4) is 5.75 Å². The van der Waals surface area contributed by atoms with Crippen LogP contribution in [0.1, 0.15) is 12.5 Å². The minimum absolute atomic E-state index is 0.0275. The van der Waals surface area contributed by atoms with Gasteiger partial charge in [0, 0.05) is 13.6 Å². The summed E-state index contributed by atoms with van der Waals surface area (Å²) in [7, 11) is 1.59. The Morgan fingerprint density at radius 3 is 2.80 bits per heavy atom. The number of amides is 1. The van der Waals surface area contributed by atoms with Gasteiger partial charge in [-0.3, -0.25) is 0 Å². The zero-order valence-corrected chi connectivity index (χ0v) is 9.08. The Hall–Kier alpha value is -1.58. The van der Waals surface area contributed by atoms with E-state index in [1.54, 1.807) is 20.0 Å². The maximum atomic E-state index is 13.2. The highest BCUT2D eigenvalue weighted by atomic mass is 19.1. The van der Waals surface area contributed by atoms with Gasteiger partial charge in [0.25, 0.3) is 0 Å². The number of carbonyl (C=O) groups is 1. The molecule has 0 aliphatic heterocycles. The van der Waals surface area contributed by atoms with Crippen molar-refractivity contribution in [1.29, 1.82) is 0 Å². The zero-order chi connectivity index (χ0) is 11.4. The fraction of sp³-hybridized carbons (Fsp3) is 0.364. The van der Waals surface area contributed by atoms with E-state index in [9.17, 15) is 9.18 Å². The predicted molar refractivity (Wildman–Crippen MR) is 55.5 cm³/mol. The van der Waals surface area contributed by atoms with Crippen molar-refractivity contribution in [3.63, 3.8) is 0 Å². The molecule has 0 heterocycles. The van der Waals surface area contributed by atoms with Crippen LogP contribution in [0.15, 0.2) is 18.2 Å². The Bertz CT molecular complexity index is 366. The number of nitrogens with zero attached hydrogens (tertiary/aromatic N) is 1. The summed E-state index contributed by atoms with van der Waals surface area (Å²) in [5.41, 5.74) is 0.846. The molecule has 0 aliphatic rings. The highest BCUT2D eigenvalue weighted by molar-refractivity contribution is 5.70. The van der Waals surface area contributed by atoms with Crippen LogP contribution in [0.5, 0.6) is 5.75 Å². The lowest BCUT2D eigenvalue weighted by molar-refractivity contribution is 0.163. The summed E-state index contributed by atoms with van der Waals surface area (Å²) in [5.74, 6) is -0.557. The second kappa shape index (κ2) is 4.77. The van der Waals surface area contributed by atoms with Gasteiger partial charge in [-0.15, -0.1) is 0 Å². The molecule has 0 fully saturated rings. The molecule has 0 saturated carbocycles. The van der Waals surface area contributed by atoms with Crippen molar-refractivity contribution in [2.45, 2.75) is 13.8 Å². The lowest BCUT2D eigenvalue weighted by Crippen LogP contribution is -2.29. The van der Waals surface area contributed by atoms with E-state index in [2.05, 4.69) is 0 Å². The summed E-state index contributed by atoms with van der Waals surface area (Å²) in [4.78, 5) is 12.7.